The van der Waals surface area contributed by atoms with Crippen LogP contribution < -0.4 is 0 Å². The average Bonchev–Trinajstić information content (AvgIpc) is 2.39. The lowest BCUT2D eigenvalue weighted by Gasteiger charge is -2.21. The summed E-state index contributed by atoms with van der Waals surface area (Å²) in [6.45, 7) is 4.42. The van der Waals surface area contributed by atoms with Gasteiger partial charge in [-0.1, -0.05) is 31.9 Å². The number of benzene rings is 1. The van der Waals surface area contributed by atoms with Gasteiger partial charge < -0.3 is 5.11 Å². The average molecular weight is 320 g/mol. The molecule has 1 N–H and O–H groups in total. The van der Waals surface area contributed by atoms with E-state index in [0.717, 1.165) is 18.9 Å². The van der Waals surface area contributed by atoms with Crippen LogP contribution in [-0.2, 0) is 10.0 Å². The molecule has 0 amide bonds. The highest BCUT2D eigenvalue weighted by Crippen LogP contribution is 2.26. The topological polar surface area (TPSA) is 74.7 Å². The highest BCUT2D eigenvalue weighted by molar-refractivity contribution is 7.89. The van der Waals surface area contributed by atoms with Gasteiger partial charge in [0.25, 0.3) is 0 Å². The molecule has 0 atom stereocenters. The molecule has 5 nitrogen and oxygen atoms in total. The van der Waals surface area contributed by atoms with Crippen molar-refractivity contribution in [1.82, 2.24) is 4.31 Å². The number of unbranched alkanes of at least 4 members (excludes halogenated alkanes) is 1. The van der Waals surface area contributed by atoms with Crippen LogP contribution in [0.15, 0.2) is 23.1 Å². The van der Waals surface area contributed by atoms with Crippen LogP contribution in [0.3, 0.4) is 0 Å². The number of carboxylic acid groups (broad SMARTS) is 1. The molecule has 0 aromatic heterocycles. The molecule has 20 heavy (non-hydrogen) atoms. The third-order valence-electron chi connectivity index (χ3n) is 2.91. The summed E-state index contributed by atoms with van der Waals surface area (Å²) >= 11 is 5.92. The summed E-state index contributed by atoms with van der Waals surface area (Å²) in [5.41, 5.74) is -0.0977. The van der Waals surface area contributed by atoms with E-state index in [1.807, 2.05) is 6.92 Å². The summed E-state index contributed by atoms with van der Waals surface area (Å²) in [6, 6.07) is 3.69. The van der Waals surface area contributed by atoms with Crippen molar-refractivity contribution >= 4 is 27.6 Å². The zero-order valence-electron chi connectivity index (χ0n) is 11.5. The smallest absolute Gasteiger partial charge is 0.335 e. The van der Waals surface area contributed by atoms with Crippen LogP contribution in [0, 0.1) is 0 Å². The van der Waals surface area contributed by atoms with E-state index < -0.39 is 16.0 Å². The second-order valence-electron chi connectivity index (χ2n) is 4.30. The number of halogens is 1. The van der Waals surface area contributed by atoms with Crippen molar-refractivity contribution in [2.24, 2.45) is 0 Å². The minimum absolute atomic E-state index is 0.0324. The van der Waals surface area contributed by atoms with E-state index in [9.17, 15) is 13.2 Å². The predicted octanol–water partition coefficient (Wildman–Crippen LogP) is 2.85. The lowest BCUT2D eigenvalue weighted by Crippen LogP contribution is -2.32. The summed E-state index contributed by atoms with van der Waals surface area (Å²) in [7, 11) is -3.77. The Balaban J connectivity index is 3.26. The van der Waals surface area contributed by atoms with E-state index in [1.165, 1.54) is 16.4 Å². The normalized spacial score (nSPS) is 11.8. The van der Waals surface area contributed by atoms with E-state index in [2.05, 4.69) is 0 Å². The highest BCUT2D eigenvalue weighted by atomic mass is 35.5. The molecule has 0 spiro atoms. The molecule has 1 rings (SSSR count). The zero-order chi connectivity index (χ0) is 15.3. The summed E-state index contributed by atoms with van der Waals surface area (Å²) < 4.78 is 26.3. The van der Waals surface area contributed by atoms with E-state index in [4.69, 9.17) is 16.7 Å². The summed E-state index contributed by atoms with van der Waals surface area (Å²) in [6.07, 6.45) is 1.61. The minimum atomic E-state index is -3.77. The summed E-state index contributed by atoms with van der Waals surface area (Å²) in [5, 5.41) is 8.98. The molecule has 0 unspecified atom stereocenters. The molecular weight excluding hydrogens is 302 g/mol. The molecular formula is C13H18ClNO4S. The van der Waals surface area contributed by atoms with Gasteiger partial charge in [-0.2, -0.15) is 4.31 Å². The molecule has 0 saturated heterocycles. The van der Waals surface area contributed by atoms with Gasteiger partial charge >= 0.3 is 5.97 Å². The van der Waals surface area contributed by atoms with Crippen molar-refractivity contribution in [3.8, 4) is 0 Å². The van der Waals surface area contributed by atoms with Crippen LogP contribution in [0.5, 0.6) is 0 Å². The molecule has 0 aliphatic heterocycles. The molecule has 0 heterocycles. The standard InChI is InChI=1S/C13H18ClNO4S/c1-3-5-8-15(4-2)20(18,19)12-9-10(13(16)17)6-7-11(12)14/h6-7,9H,3-5,8H2,1-2H3,(H,16,17). The molecule has 0 saturated carbocycles. The van der Waals surface area contributed by atoms with Crippen molar-refractivity contribution in [2.45, 2.75) is 31.6 Å². The Morgan fingerprint density at radius 2 is 2.00 bits per heavy atom. The van der Waals surface area contributed by atoms with Gasteiger partial charge in [0.2, 0.25) is 10.0 Å². The van der Waals surface area contributed by atoms with E-state index >= 15 is 0 Å². The highest BCUT2D eigenvalue weighted by Gasteiger charge is 2.26. The van der Waals surface area contributed by atoms with Gasteiger partial charge in [-0.25, -0.2) is 13.2 Å². The van der Waals surface area contributed by atoms with E-state index in [-0.39, 0.29) is 15.5 Å². The van der Waals surface area contributed by atoms with Gasteiger partial charge in [-0.05, 0) is 24.6 Å². The van der Waals surface area contributed by atoms with Crippen molar-refractivity contribution < 1.29 is 18.3 Å². The van der Waals surface area contributed by atoms with Crippen LogP contribution in [-0.4, -0.2) is 36.9 Å². The Morgan fingerprint density at radius 1 is 1.35 bits per heavy atom. The maximum Gasteiger partial charge on any atom is 0.335 e. The van der Waals surface area contributed by atoms with Gasteiger partial charge in [-0.15, -0.1) is 0 Å². The zero-order valence-corrected chi connectivity index (χ0v) is 13.0. The molecule has 1 aromatic rings. The third-order valence-corrected chi connectivity index (χ3v) is 5.37. The summed E-state index contributed by atoms with van der Waals surface area (Å²) in [4.78, 5) is 10.8. The first-order chi connectivity index (χ1) is 9.34. The van der Waals surface area contributed by atoms with Crippen LogP contribution in [0.25, 0.3) is 0 Å². The molecule has 0 aliphatic rings. The number of aromatic carboxylic acids is 1. The predicted molar refractivity (Wildman–Crippen MR) is 77.8 cm³/mol. The Kier molecular flexibility index (Phi) is 5.98. The number of hydrogen-bond acceptors (Lipinski definition) is 3. The number of rotatable bonds is 7. The SMILES string of the molecule is CCCCN(CC)S(=O)(=O)c1cc(C(=O)O)ccc1Cl. The first kappa shape index (κ1) is 16.9. The molecule has 0 fully saturated rings. The summed E-state index contributed by atoms with van der Waals surface area (Å²) in [5.74, 6) is -1.19. The largest absolute Gasteiger partial charge is 0.478 e. The van der Waals surface area contributed by atoms with Gasteiger partial charge in [-0.3, -0.25) is 0 Å². The van der Waals surface area contributed by atoms with Gasteiger partial charge in [0, 0.05) is 13.1 Å². The van der Waals surface area contributed by atoms with Crippen LogP contribution in [0.2, 0.25) is 5.02 Å². The minimum Gasteiger partial charge on any atom is -0.478 e. The quantitative estimate of drug-likeness (QED) is 0.838. The number of sulfonamides is 1. The van der Waals surface area contributed by atoms with Gasteiger partial charge in [0.15, 0.2) is 0 Å². The van der Waals surface area contributed by atoms with E-state index in [0.29, 0.717) is 13.1 Å². The Bertz CT molecular complexity index is 586. The van der Waals surface area contributed by atoms with Gasteiger partial charge in [0.1, 0.15) is 4.90 Å². The fourth-order valence-electron chi connectivity index (χ4n) is 1.76. The van der Waals surface area contributed by atoms with Crippen molar-refractivity contribution in [2.75, 3.05) is 13.1 Å². The Hall–Kier alpha value is -1.11. The van der Waals surface area contributed by atoms with Crippen LogP contribution in [0.1, 0.15) is 37.0 Å². The van der Waals surface area contributed by atoms with Crippen molar-refractivity contribution in [3.05, 3.63) is 28.8 Å². The Labute approximate surface area is 124 Å². The molecule has 1 aromatic carbocycles. The molecule has 112 valence electrons. The number of nitrogens with zero attached hydrogens (tertiary/aromatic N) is 1. The number of carbonyl (C=O) groups is 1. The van der Waals surface area contributed by atoms with E-state index in [1.54, 1.807) is 6.92 Å². The number of hydrogen-bond donors (Lipinski definition) is 1. The fourth-order valence-corrected chi connectivity index (χ4v) is 3.74. The third kappa shape index (κ3) is 3.71. The first-order valence-corrected chi connectivity index (χ1v) is 8.19. The molecule has 7 heteroatoms. The van der Waals surface area contributed by atoms with Crippen molar-refractivity contribution in [3.63, 3.8) is 0 Å². The lowest BCUT2D eigenvalue weighted by atomic mass is 10.2. The van der Waals surface area contributed by atoms with Gasteiger partial charge in [0.05, 0.1) is 10.6 Å². The second kappa shape index (κ2) is 7.06. The first-order valence-electron chi connectivity index (χ1n) is 6.37. The number of carboxylic acids is 1. The fraction of sp³-hybridized carbons (Fsp3) is 0.462. The monoisotopic (exact) mass is 319 g/mol. The van der Waals surface area contributed by atoms with Crippen molar-refractivity contribution in [1.29, 1.82) is 0 Å². The maximum absolute atomic E-state index is 12.5. The van der Waals surface area contributed by atoms with Crippen LogP contribution in [0.4, 0.5) is 0 Å². The molecule has 0 aliphatic carbocycles. The molecule has 0 radical (unpaired) electrons. The Morgan fingerprint density at radius 3 is 2.50 bits per heavy atom. The molecule has 0 bridgehead atoms. The van der Waals surface area contributed by atoms with Crippen LogP contribution >= 0.6 is 11.6 Å². The second-order valence-corrected chi connectivity index (χ2v) is 6.61. The maximum atomic E-state index is 12.5. The lowest BCUT2D eigenvalue weighted by molar-refractivity contribution is 0.0696.